The monoisotopic (exact) mass is 320 g/mol. The average Bonchev–Trinajstić information content (AvgIpc) is 2.98. The van der Waals surface area contributed by atoms with E-state index in [0.717, 1.165) is 0 Å². The van der Waals surface area contributed by atoms with Crippen molar-refractivity contribution in [1.29, 1.82) is 0 Å². The Morgan fingerprint density at radius 3 is 2.67 bits per heavy atom. The van der Waals surface area contributed by atoms with E-state index in [1.807, 2.05) is 24.1 Å². The third-order valence-corrected chi connectivity index (χ3v) is 4.58. The van der Waals surface area contributed by atoms with Crippen molar-refractivity contribution in [2.24, 2.45) is 0 Å². The van der Waals surface area contributed by atoms with Crippen molar-refractivity contribution in [1.82, 2.24) is 9.47 Å². The number of benzene rings is 2. The number of carbonyl (C=O) groups is 1. The van der Waals surface area contributed by atoms with Crippen LogP contribution < -0.4 is 0 Å². The molecule has 3 rings (SSSR count). The average molecular weight is 320 g/mol. The molecule has 0 saturated carbocycles. The van der Waals surface area contributed by atoms with E-state index in [4.69, 9.17) is 0 Å². The van der Waals surface area contributed by atoms with Gasteiger partial charge in [-0.3, -0.25) is 4.79 Å². The summed E-state index contributed by atoms with van der Waals surface area (Å²) in [4.78, 5) is 14.3. The van der Waals surface area contributed by atoms with E-state index in [0.29, 0.717) is 19.5 Å². The van der Waals surface area contributed by atoms with E-state index in [2.05, 4.69) is 61.0 Å². The molecule has 0 bridgehead atoms. The summed E-state index contributed by atoms with van der Waals surface area (Å²) in [5.41, 5.74) is 4.89. The molecule has 0 aliphatic rings. The Hall–Kier alpha value is -2.55. The van der Waals surface area contributed by atoms with Gasteiger partial charge < -0.3 is 9.47 Å². The van der Waals surface area contributed by atoms with Crippen molar-refractivity contribution in [2.45, 2.75) is 33.4 Å². The Morgan fingerprint density at radius 1 is 1.08 bits per heavy atom. The van der Waals surface area contributed by atoms with E-state index in [1.54, 1.807) is 0 Å². The normalized spacial score (nSPS) is 11.0. The molecule has 0 N–H and O–H groups in total. The second-order valence-corrected chi connectivity index (χ2v) is 6.50. The highest BCUT2D eigenvalue weighted by Crippen LogP contribution is 2.16. The lowest BCUT2D eigenvalue weighted by Crippen LogP contribution is -2.27. The number of hydrogen-bond acceptors (Lipinski definition) is 1. The Morgan fingerprint density at radius 2 is 1.88 bits per heavy atom. The molecule has 1 amide bonds. The fourth-order valence-electron chi connectivity index (χ4n) is 3.11. The van der Waals surface area contributed by atoms with Gasteiger partial charge in [0.15, 0.2) is 0 Å². The lowest BCUT2D eigenvalue weighted by atomic mass is 10.1. The van der Waals surface area contributed by atoms with Gasteiger partial charge in [-0.25, -0.2) is 0 Å². The van der Waals surface area contributed by atoms with Gasteiger partial charge in [0.1, 0.15) is 0 Å². The van der Waals surface area contributed by atoms with Crippen molar-refractivity contribution in [2.75, 3.05) is 7.05 Å². The summed E-state index contributed by atoms with van der Waals surface area (Å²) in [5.74, 6) is 0.174. The predicted molar refractivity (Wildman–Crippen MR) is 98.9 cm³/mol. The molecule has 1 heterocycles. The van der Waals surface area contributed by atoms with Gasteiger partial charge in [-0.15, -0.1) is 0 Å². The van der Waals surface area contributed by atoms with Crippen LogP contribution >= 0.6 is 0 Å². The summed E-state index contributed by atoms with van der Waals surface area (Å²) in [6, 6.07) is 16.8. The number of nitrogens with zero attached hydrogens (tertiary/aromatic N) is 2. The SMILES string of the molecule is Cc1ccc(CN(C)C(=O)CCn2ccc3ccccc32)c(C)c1. The van der Waals surface area contributed by atoms with Crippen LogP contribution in [0.4, 0.5) is 0 Å². The molecule has 0 radical (unpaired) electrons. The minimum atomic E-state index is 0.174. The van der Waals surface area contributed by atoms with Gasteiger partial charge in [-0.2, -0.15) is 0 Å². The molecule has 3 aromatic rings. The van der Waals surface area contributed by atoms with E-state index in [-0.39, 0.29) is 5.91 Å². The van der Waals surface area contributed by atoms with Crippen LogP contribution in [0.15, 0.2) is 54.7 Å². The molecule has 1 aromatic heterocycles. The molecule has 3 nitrogen and oxygen atoms in total. The molecule has 0 unspecified atom stereocenters. The van der Waals surface area contributed by atoms with Crippen LogP contribution in [0.1, 0.15) is 23.1 Å². The van der Waals surface area contributed by atoms with E-state index in [1.165, 1.54) is 27.6 Å². The lowest BCUT2D eigenvalue weighted by molar-refractivity contribution is -0.130. The van der Waals surface area contributed by atoms with Gasteiger partial charge in [0.05, 0.1) is 0 Å². The number of fused-ring (bicyclic) bond motifs is 1. The van der Waals surface area contributed by atoms with Crippen LogP contribution in [0, 0.1) is 13.8 Å². The van der Waals surface area contributed by atoms with Gasteiger partial charge in [-0.05, 0) is 42.5 Å². The standard InChI is InChI=1S/C21H24N2O/c1-16-8-9-19(17(2)14-16)15-22(3)21(24)11-13-23-12-10-18-6-4-5-7-20(18)23/h4-10,12,14H,11,13,15H2,1-3H3. The molecule has 0 fully saturated rings. The van der Waals surface area contributed by atoms with Crippen molar-refractivity contribution in [3.63, 3.8) is 0 Å². The Bertz CT molecular complexity index is 863. The summed E-state index contributed by atoms with van der Waals surface area (Å²) in [7, 11) is 1.88. The van der Waals surface area contributed by atoms with Crippen LogP contribution in [-0.4, -0.2) is 22.4 Å². The molecule has 0 saturated heterocycles. The summed E-state index contributed by atoms with van der Waals surface area (Å²) in [5, 5.41) is 1.22. The number of rotatable bonds is 5. The topological polar surface area (TPSA) is 25.2 Å². The largest absolute Gasteiger partial charge is 0.347 e. The van der Waals surface area contributed by atoms with Gasteiger partial charge in [0, 0.05) is 38.3 Å². The zero-order chi connectivity index (χ0) is 17.1. The molecule has 124 valence electrons. The van der Waals surface area contributed by atoms with Crippen LogP contribution in [-0.2, 0) is 17.9 Å². The van der Waals surface area contributed by atoms with Crippen LogP contribution in [0.3, 0.4) is 0 Å². The fraction of sp³-hybridized carbons (Fsp3) is 0.286. The first-order valence-electron chi connectivity index (χ1n) is 8.38. The van der Waals surface area contributed by atoms with Crippen LogP contribution in [0.5, 0.6) is 0 Å². The first-order chi connectivity index (χ1) is 11.5. The molecular formula is C21H24N2O. The second-order valence-electron chi connectivity index (χ2n) is 6.50. The molecule has 2 aromatic carbocycles. The highest BCUT2D eigenvalue weighted by Gasteiger charge is 2.11. The first kappa shape index (κ1) is 16.3. The van der Waals surface area contributed by atoms with Crippen LogP contribution in [0.2, 0.25) is 0 Å². The van der Waals surface area contributed by atoms with Crippen molar-refractivity contribution in [3.8, 4) is 0 Å². The quantitative estimate of drug-likeness (QED) is 0.688. The molecule has 0 aliphatic heterocycles. The summed E-state index contributed by atoms with van der Waals surface area (Å²) in [6.07, 6.45) is 2.57. The van der Waals surface area contributed by atoms with Gasteiger partial charge in [0.25, 0.3) is 0 Å². The maximum Gasteiger partial charge on any atom is 0.224 e. The van der Waals surface area contributed by atoms with Gasteiger partial charge in [0.2, 0.25) is 5.91 Å². The maximum atomic E-state index is 12.5. The van der Waals surface area contributed by atoms with Crippen molar-refractivity contribution < 1.29 is 4.79 Å². The third-order valence-electron chi connectivity index (χ3n) is 4.58. The van der Waals surface area contributed by atoms with Gasteiger partial charge >= 0.3 is 0 Å². The number of aryl methyl sites for hydroxylation is 3. The number of aromatic nitrogens is 1. The fourth-order valence-corrected chi connectivity index (χ4v) is 3.11. The minimum Gasteiger partial charge on any atom is -0.347 e. The first-order valence-corrected chi connectivity index (χ1v) is 8.38. The van der Waals surface area contributed by atoms with E-state index < -0.39 is 0 Å². The maximum absolute atomic E-state index is 12.5. The molecule has 0 aliphatic carbocycles. The lowest BCUT2D eigenvalue weighted by Gasteiger charge is -2.19. The molecule has 3 heteroatoms. The van der Waals surface area contributed by atoms with Gasteiger partial charge in [-0.1, -0.05) is 42.0 Å². The summed E-state index contributed by atoms with van der Waals surface area (Å²) < 4.78 is 2.15. The predicted octanol–water partition coefficient (Wildman–Crippen LogP) is 4.31. The molecule has 24 heavy (non-hydrogen) atoms. The summed E-state index contributed by atoms with van der Waals surface area (Å²) in [6.45, 7) is 5.57. The Labute approximate surface area is 143 Å². The minimum absolute atomic E-state index is 0.174. The molecule has 0 atom stereocenters. The highest BCUT2D eigenvalue weighted by atomic mass is 16.2. The second kappa shape index (κ2) is 6.91. The van der Waals surface area contributed by atoms with Crippen LogP contribution in [0.25, 0.3) is 10.9 Å². The van der Waals surface area contributed by atoms with Crippen molar-refractivity contribution >= 4 is 16.8 Å². The third kappa shape index (κ3) is 3.51. The number of hydrogen-bond donors (Lipinski definition) is 0. The Kier molecular flexibility index (Phi) is 4.70. The van der Waals surface area contributed by atoms with Crippen molar-refractivity contribution in [3.05, 3.63) is 71.4 Å². The molecular weight excluding hydrogens is 296 g/mol. The Balaban J connectivity index is 1.62. The summed E-state index contributed by atoms with van der Waals surface area (Å²) >= 11 is 0. The van der Waals surface area contributed by atoms with E-state index >= 15 is 0 Å². The number of carbonyl (C=O) groups excluding carboxylic acids is 1. The van der Waals surface area contributed by atoms with E-state index in [9.17, 15) is 4.79 Å². The highest BCUT2D eigenvalue weighted by molar-refractivity contribution is 5.80. The zero-order valence-electron chi connectivity index (χ0n) is 14.6. The smallest absolute Gasteiger partial charge is 0.224 e. The number of para-hydroxylation sites is 1. The number of amides is 1. The molecule has 0 spiro atoms. The zero-order valence-corrected chi connectivity index (χ0v) is 14.6.